The second kappa shape index (κ2) is 7.87. The minimum Gasteiger partial charge on any atom is -0.454 e. The van der Waals surface area contributed by atoms with Crippen molar-refractivity contribution >= 4 is 51.1 Å². The molecule has 0 spiro atoms. The van der Waals surface area contributed by atoms with Crippen molar-refractivity contribution in [1.82, 2.24) is 10.7 Å². The number of hydrogen-bond acceptors (Lipinski definition) is 6. The molecule has 1 aromatic heterocycles. The van der Waals surface area contributed by atoms with Crippen LogP contribution in [0.15, 0.2) is 47.6 Å². The fourth-order valence-corrected chi connectivity index (χ4v) is 4.05. The first-order chi connectivity index (χ1) is 13.6. The largest absolute Gasteiger partial charge is 0.454 e. The molecule has 0 unspecified atom stereocenters. The molecule has 2 N–H and O–H groups in total. The van der Waals surface area contributed by atoms with Crippen LogP contribution in [0.25, 0.3) is 10.1 Å². The third kappa shape index (κ3) is 3.78. The van der Waals surface area contributed by atoms with Gasteiger partial charge in [-0.1, -0.05) is 29.8 Å². The first kappa shape index (κ1) is 18.3. The lowest BCUT2D eigenvalue weighted by Gasteiger charge is -2.03. The molecule has 0 saturated carbocycles. The van der Waals surface area contributed by atoms with Crippen LogP contribution in [0.2, 0.25) is 5.02 Å². The average Bonchev–Trinajstić information content (AvgIpc) is 3.30. The first-order valence-electron chi connectivity index (χ1n) is 8.28. The number of nitrogens with zero attached hydrogens (tertiary/aromatic N) is 1. The Bertz CT molecular complexity index is 1100. The van der Waals surface area contributed by atoms with Crippen molar-refractivity contribution in [2.45, 2.75) is 0 Å². The number of halogens is 1. The van der Waals surface area contributed by atoms with Gasteiger partial charge in [0.15, 0.2) is 11.5 Å². The lowest BCUT2D eigenvalue weighted by molar-refractivity contribution is -0.120. The third-order valence-electron chi connectivity index (χ3n) is 3.95. The van der Waals surface area contributed by atoms with Crippen LogP contribution in [-0.2, 0) is 4.79 Å². The zero-order chi connectivity index (χ0) is 19.5. The van der Waals surface area contributed by atoms with E-state index in [4.69, 9.17) is 21.1 Å². The van der Waals surface area contributed by atoms with Crippen molar-refractivity contribution < 1.29 is 19.1 Å². The van der Waals surface area contributed by atoms with E-state index in [2.05, 4.69) is 15.8 Å². The summed E-state index contributed by atoms with van der Waals surface area (Å²) in [7, 11) is 0. The average molecular weight is 416 g/mol. The minimum absolute atomic E-state index is 0.191. The molecule has 1 aliphatic rings. The standard InChI is InChI=1S/C19H14ClN3O4S/c20-17-12-3-1-2-4-15(12)28-18(17)19(25)21-9-16(24)23-22-8-11-5-6-13-14(7-11)27-10-26-13/h1-8H,9-10H2,(H,21,25)(H,23,24)/b22-8+. The Morgan fingerprint density at radius 1 is 1.18 bits per heavy atom. The maximum absolute atomic E-state index is 12.3. The molecule has 28 heavy (non-hydrogen) atoms. The lowest BCUT2D eigenvalue weighted by Crippen LogP contribution is -2.34. The number of benzene rings is 2. The van der Waals surface area contributed by atoms with E-state index in [1.807, 2.05) is 24.3 Å². The van der Waals surface area contributed by atoms with E-state index < -0.39 is 11.8 Å². The van der Waals surface area contributed by atoms with Crippen LogP contribution in [0.5, 0.6) is 11.5 Å². The second-order valence-electron chi connectivity index (χ2n) is 5.83. The van der Waals surface area contributed by atoms with Crippen LogP contribution in [0.1, 0.15) is 15.2 Å². The highest BCUT2D eigenvalue weighted by Gasteiger charge is 2.17. The number of ether oxygens (including phenoxy) is 2. The maximum atomic E-state index is 12.3. The highest BCUT2D eigenvalue weighted by molar-refractivity contribution is 7.21. The van der Waals surface area contributed by atoms with Gasteiger partial charge in [0.25, 0.3) is 11.8 Å². The van der Waals surface area contributed by atoms with Gasteiger partial charge in [-0.15, -0.1) is 11.3 Å². The number of amides is 2. The van der Waals surface area contributed by atoms with Gasteiger partial charge < -0.3 is 14.8 Å². The predicted molar refractivity (Wildman–Crippen MR) is 107 cm³/mol. The fourth-order valence-electron chi connectivity index (χ4n) is 2.61. The molecule has 0 aliphatic carbocycles. The molecule has 2 heterocycles. The number of carbonyl (C=O) groups is 2. The van der Waals surface area contributed by atoms with Gasteiger partial charge in [0.05, 0.1) is 17.8 Å². The Kier molecular flexibility index (Phi) is 5.14. The normalized spacial score (nSPS) is 12.5. The Hall–Kier alpha value is -3.10. The molecule has 142 valence electrons. The quantitative estimate of drug-likeness (QED) is 0.495. The highest BCUT2D eigenvalue weighted by Crippen LogP contribution is 2.35. The van der Waals surface area contributed by atoms with Crippen LogP contribution in [0.4, 0.5) is 0 Å². The van der Waals surface area contributed by atoms with Crippen molar-refractivity contribution in [3.05, 3.63) is 57.9 Å². The zero-order valence-corrected chi connectivity index (χ0v) is 16.0. The maximum Gasteiger partial charge on any atom is 0.263 e. The van der Waals surface area contributed by atoms with E-state index in [9.17, 15) is 9.59 Å². The van der Waals surface area contributed by atoms with Crippen LogP contribution >= 0.6 is 22.9 Å². The minimum atomic E-state index is -0.456. The molecule has 2 amide bonds. The molecular weight excluding hydrogens is 402 g/mol. The molecule has 0 fully saturated rings. The van der Waals surface area contributed by atoms with E-state index in [1.54, 1.807) is 18.2 Å². The Balaban J connectivity index is 1.31. The van der Waals surface area contributed by atoms with E-state index >= 15 is 0 Å². The molecule has 0 saturated heterocycles. The van der Waals surface area contributed by atoms with Crippen molar-refractivity contribution in [2.24, 2.45) is 5.10 Å². The smallest absolute Gasteiger partial charge is 0.263 e. The molecule has 9 heteroatoms. The van der Waals surface area contributed by atoms with E-state index in [0.717, 1.165) is 15.6 Å². The number of carbonyl (C=O) groups excluding carboxylic acids is 2. The second-order valence-corrected chi connectivity index (χ2v) is 7.26. The highest BCUT2D eigenvalue weighted by atomic mass is 35.5. The Morgan fingerprint density at radius 2 is 2.00 bits per heavy atom. The Labute approximate surface area is 168 Å². The summed E-state index contributed by atoms with van der Waals surface area (Å²) in [5.74, 6) is 0.440. The van der Waals surface area contributed by atoms with Crippen molar-refractivity contribution in [2.75, 3.05) is 13.3 Å². The number of nitrogens with one attached hydrogen (secondary N) is 2. The molecule has 2 aromatic carbocycles. The van der Waals surface area contributed by atoms with Gasteiger partial charge in [0, 0.05) is 10.1 Å². The van der Waals surface area contributed by atoms with E-state index in [-0.39, 0.29) is 13.3 Å². The van der Waals surface area contributed by atoms with Gasteiger partial charge in [-0.3, -0.25) is 9.59 Å². The molecule has 0 bridgehead atoms. The number of thiophene rings is 1. The Morgan fingerprint density at radius 3 is 2.86 bits per heavy atom. The van der Waals surface area contributed by atoms with Crippen molar-refractivity contribution in [3.63, 3.8) is 0 Å². The topological polar surface area (TPSA) is 89.0 Å². The van der Waals surface area contributed by atoms with Gasteiger partial charge in [-0.2, -0.15) is 5.10 Å². The monoisotopic (exact) mass is 415 g/mol. The van der Waals surface area contributed by atoms with Crippen LogP contribution in [0, 0.1) is 0 Å². The third-order valence-corrected chi connectivity index (χ3v) is 5.62. The molecule has 4 rings (SSSR count). The summed E-state index contributed by atoms with van der Waals surface area (Å²) in [5, 5.41) is 7.63. The van der Waals surface area contributed by atoms with Crippen LogP contribution in [0.3, 0.4) is 0 Å². The van der Waals surface area contributed by atoms with Crippen LogP contribution < -0.4 is 20.2 Å². The number of hydrogen-bond donors (Lipinski definition) is 2. The summed E-state index contributed by atoms with van der Waals surface area (Å²) in [4.78, 5) is 24.6. The van der Waals surface area contributed by atoms with Crippen LogP contribution in [-0.4, -0.2) is 31.4 Å². The molecule has 1 aliphatic heterocycles. The lowest BCUT2D eigenvalue weighted by atomic mass is 10.2. The van der Waals surface area contributed by atoms with E-state index in [1.165, 1.54) is 17.6 Å². The van der Waals surface area contributed by atoms with E-state index in [0.29, 0.717) is 21.4 Å². The molecule has 0 atom stereocenters. The summed E-state index contributed by atoms with van der Waals surface area (Å²) in [6, 6.07) is 12.8. The first-order valence-corrected chi connectivity index (χ1v) is 9.48. The number of hydrazone groups is 1. The summed E-state index contributed by atoms with van der Waals surface area (Å²) in [5.41, 5.74) is 3.10. The molecule has 3 aromatic rings. The summed E-state index contributed by atoms with van der Waals surface area (Å²) < 4.78 is 11.4. The van der Waals surface area contributed by atoms with Gasteiger partial charge in [0.1, 0.15) is 4.88 Å². The summed E-state index contributed by atoms with van der Waals surface area (Å²) in [6.07, 6.45) is 1.48. The molecule has 7 nitrogen and oxygen atoms in total. The van der Waals surface area contributed by atoms with Gasteiger partial charge in [-0.25, -0.2) is 5.43 Å². The zero-order valence-electron chi connectivity index (χ0n) is 14.4. The summed E-state index contributed by atoms with van der Waals surface area (Å²) >= 11 is 7.55. The summed E-state index contributed by atoms with van der Waals surface area (Å²) in [6.45, 7) is -0.0297. The van der Waals surface area contributed by atoms with Gasteiger partial charge >= 0.3 is 0 Å². The molecule has 0 radical (unpaired) electrons. The van der Waals surface area contributed by atoms with Gasteiger partial charge in [0.2, 0.25) is 6.79 Å². The number of rotatable bonds is 5. The number of fused-ring (bicyclic) bond motifs is 2. The van der Waals surface area contributed by atoms with Crippen molar-refractivity contribution in [1.29, 1.82) is 0 Å². The fraction of sp³-hybridized carbons (Fsp3) is 0.105. The predicted octanol–water partition coefficient (Wildman–Crippen LogP) is 3.16. The van der Waals surface area contributed by atoms with Crippen molar-refractivity contribution in [3.8, 4) is 11.5 Å². The molecular formula is C19H14ClN3O4S. The SMILES string of the molecule is O=C(CNC(=O)c1sc2ccccc2c1Cl)N/N=C/c1ccc2c(c1)OCO2. The van der Waals surface area contributed by atoms with Gasteiger partial charge in [-0.05, 0) is 29.8 Å².